The van der Waals surface area contributed by atoms with Crippen LogP contribution < -0.4 is 0 Å². The Bertz CT molecular complexity index is 67.3. The number of hydrogen-bond donors (Lipinski definition) is 3. The number of nitrogens with zero attached hydrogens (tertiary/aromatic N) is 1. The summed E-state index contributed by atoms with van der Waals surface area (Å²) in [6.45, 7) is 0. The first-order valence-corrected chi connectivity index (χ1v) is 3.03. The summed E-state index contributed by atoms with van der Waals surface area (Å²) in [5.74, 6) is 0.944. The van der Waals surface area contributed by atoms with Gasteiger partial charge in [-0.3, -0.25) is 0 Å². The molecule has 0 aliphatic heterocycles. The van der Waals surface area contributed by atoms with Crippen LogP contribution in [0.5, 0.6) is 0 Å². The van der Waals surface area contributed by atoms with Gasteiger partial charge in [-0.05, 0) is 0 Å². The molecule has 0 saturated heterocycles. The van der Waals surface area contributed by atoms with E-state index >= 15 is 0 Å². The molecule has 4 heteroatoms. The molecule has 0 radical (unpaired) electrons. The van der Waals surface area contributed by atoms with E-state index in [2.05, 4.69) is 30.4 Å². The molecule has 0 fully saturated rings. The van der Waals surface area contributed by atoms with Gasteiger partial charge in [-0.25, -0.2) is 0 Å². The van der Waals surface area contributed by atoms with Crippen molar-refractivity contribution >= 4 is 31.0 Å². The van der Waals surface area contributed by atoms with E-state index in [-0.39, 0.29) is 0 Å². The maximum absolute atomic E-state index is 8.02. The lowest BCUT2D eigenvalue weighted by Crippen LogP contribution is -2.00. The maximum Gasteiger partial charge on any atom is 0.0762 e. The summed E-state index contributed by atoms with van der Waals surface area (Å²) < 4.78 is 0. The molecule has 0 aromatic heterocycles. The molecule has 0 amide bonds. The Morgan fingerprint density at radius 2 is 1.86 bits per heavy atom. The van der Waals surface area contributed by atoms with Crippen LogP contribution in [0.2, 0.25) is 0 Å². The lowest BCUT2D eigenvalue weighted by atomic mass is 10.5. The molecule has 7 heavy (non-hydrogen) atoms. The second-order valence-electron chi connectivity index (χ2n) is 0.982. The minimum absolute atomic E-state index is 0.472. The third-order valence-corrected chi connectivity index (χ3v) is 1.24. The summed E-state index contributed by atoms with van der Waals surface area (Å²) in [4.78, 5) is 0. The molecule has 0 aliphatic rings. The first kappa shape index (κ1) is 7.17. The molecule has 0 unspecified atom stereocenters. The van der Waals surface area contributed by atoms with Gasteiger partial charge < -0.3 is 5.21 Å². The first-order chi connectivity index (χ1) is 3.35. The molecular formula is C3H7NOS2. The predicted octanol–water partition coefficient (Wildman–Crippen LogP) is 0.676. The second kappa shape index (κ2) is 4.33. The van der Waals surface area contributed by atoms with Crippen molar-refractivity contribution in [2.75, 3.05) is 11.5 Å². The average Bonchev–Trinajstić information content (AvgIpc) is 1.72. The predicted molar refractivity (Wildman–Crippen MR) is 36.9 cm³/mol. The smallest absolute Gasteiger partial charge is 0.0762 e. The highest BCUT2D eigenvalue weighted by Gasteiger charge is 1.88. The Hall–Kier alpha value is 0.170. The fourth-order valence-electron chi connectivity index (χ4n) is 0.113. The van der Waals surface area contributed by atoms with E-state index in [1.54, 1.807) is 0 Å². The molecule has 0 aromatic carbocycles. The van der Waals surface area contributed by atoms with Crippen LogP contribution in [-0.4, -0.2) is 22.4 Å². The van der Waals surface area contributed by atoms with Crippen LogP contribution in [0.3, 0.4) is 0 Å². The molecule has 0 spiro atoms. The molecule has 1 N–H and O–H groups in total. The fraction of sp³-hybridized carbons (Fsp3) is 0.667. The number of thiol groups is 2. The van der Waals surface area contributed by atoms with Gasteiger partial charge in [0.1, 0.15) is 0 Å². The molecule has 0 aliphatic carbocycles. The number of oxime groups is 1. The largest absolute Gasteiger partial charge is 0.411 e. The van der Waals surface area contributed by atoms with Crippen molar-refractivity contribution in [3.05, 3.63) is 0 Å². The van der Waals surface area contributed by atoms with Crippen LogP contribution in [0, 0.1) is 0 Å². The van der Waals surface area contributed by atoms with Crippen LogP contribution in [0.4, 0.5) is 0 Å². The van der Waals surface area contributed by atoms with Gasteiger partial charge in [-0.15, -0.1) is 0 Å². The normalized spacial score (nSPS) is 8.29. The zero-order valence-corrected chi connectivity index (χ0v) is 5.49. The molecule has 0 rings (SSSR count). The van der Waals surface area contributed by atoms with Crippen LogP contribution in [0.25, 0.3) is 0 Å². The van der Waals surface area contributed by atoms with Crippen molar-refractivity contribution < 1.29 is 5.21 Å². The number of hydrogen-bond acceptors (Lipinski definition) is 4. The van der Waals surface area contributed by atoms with E-state index in [0.717, 1.165) is 0 Å². The minimum Gasteiger partial charge on any atom is -0.411 e. The van der Waals surface area contributed by atoms with Crippen molar-refractivity contribution in [1.29, 1.82) is 0 Å². The average molecular weight is 137 g/mol. The summed E-state index contributed by atoms with van der Waals surface area (Å²) in [6.07, 6.45) is 0. The van der Waals surface area contributed by atoms with Gasteiger partial charge in [0, 0.05) is 11.5 Å². The highest BCUT2D eigenvalue weighted by atomic mass is 32.1. The third kappa shape index (κ3) is 2.82. The summed E-state index contributed by atoms with van der Waals surface area (Å²) in [7, 11) is 0. The maximum atomic E-state index is 8.02. The molecule has 0 bridgehead atoms. The van der Waals surface area contributed by atoms with E-state index in [9.17, 15) is 0 Å². The van der Waals surface area contributed by atoms with Crippen LogP contribution in [0.1, 0.15) is 0 Å². The van der Waals surface area contributed by atoms with Gasteiger partial charge in [-0.2, -0.15) is 25.3 Å². The minimum atomic E-state index is 0.472. The standard InChI is InChI=1S/C3H7NOS2/c5-4-3(1-6)2-7/h5-7H,1-2H2. The Balaban J connectivity index is 3.38. The number of rotatable bonds is 2. The Morgan fingerprint density at radius 3 is 1.86 bits per heavy atom. The van der Waals surface area contributed by atoms with E-state index in [4.69, 9.17) is 5.21 Å². The van der Waals surface area contributed by atoms with E-state index in [0.29, 0.717) is 17.2 Å². The summed E-state index contributed by atoms with van der Waals surface area (Å²) in [6, 6.07) is 0. The Labute approximate surface area is 53.4 Å². The zero-order valence-electron chi connectivity index (χ0n) is 3.70. The van der Waals surface area contributed by atoms with Gasteiger partial charge in [0.15, 0.2) is 0 Å². The second-order valence-corrected chi connectivity index (χ2v) is 1.61. The van der Waals surface area contributed by atoms with Crippen molar-refractivity contribution in [2.24, 2.45) is 5.16 Å². The molecule has 0 saturated carbocycles. The van der Waals surface area contributed by atoms with Gasteiger partial charge in [0.05, 0.1) is 5.71 Å². The van der Waals surface area contributed by atoms with Crippen LogP contribution in [0.15, 0.2) is 5.16 Å². The lowest BCUT2D eigenvalue weighted by molar-refractivity contribution is 0.318. The summed E-state index contributed by atoms with van der Waals surface area (Å²) in [5, 5.41) is 10.9. The molecule has 0 aromatic rings. The highest BCUT2D eigenvalue weighted by Crippen LogP contribution is 1.83. The molecule has 0 heterocycles. The Kier molecular flexibility index (Phi) is 4.44. The van der Waals surface area contributed by atoms with Gasteiger partial charge in [0.2, 0.25) is 0 Å². The SMILES string of the molecule is ON=C(CS)CS. The lowest BCUT2D eigenvalue weighted by Gasteiger charge is -1.88. The highest BCUT2D eigenvalue weighted by molar-refractivity contribution is 7.82. The monoisotopic (exact) mass is 137 g/mol. The molecule has 0 atom stereocenters. The van der Waals surface area contributed by atoms with Crippen molar-refractivity contribution in [3.63, 3.8) is 0 Å². The zero-order chi connectivity index (χ0) is 5.70. The molecule has 2 nitrogen and oxygen atoms in total. The van der Waals surface area contributed by atoms with Crippen molar-refractivity contribution in [2.45, 2.75) is 0 Å². The summed E-state index contributed by atoms with van der Waals surface area (Å²) >= 11 is 7.67. The van der Waals surface area contributed by atoms with E-state index < -0.39 is 0 Å². The van der Waals surface area contributed by atoms with Gasteiger partial charge in [-0.1, -0.05) is 5.16 Å². The molecule has 42 valence electrons. The van der Waals surface area contributed by atoms with E-state index in [1.807, 2.05) is 0 Å². The van der Waals surface area contributed by atoms with Gasteiger partial charge in [0.25, 0.3) is 0 Å². The summed E-state index contributed by atoms with van der Waals surface area (Å²) in [5.41, 5.74) is 0.590. The Morgan fingerprint density at radius 1 is 1.43 bits per heavy atom. The van der Waals surface area contributed by atoms with Gasteiger partial charge >= 0.3 is 0 Å². The first-order valence-electron chi connectivity index (χ1n) is 1.76. The van der Waals surface area contributed by atoms with E-state index in [1.165, 1.54) is 0 Å². The topological polar surface area (TPSA) is 32.6 Å². The third-order valence-electron chi connectivity index (χ3n) is 0.506. The van der Waals surface area contributed by atoms with Crippen LogP contribution >= 0.6 is 25.3 Å². The molecular weight excluding hydrogens is 130 g/mol. The van der Waals surface area contributed by atoms with Crippen LogP contribution in [-0.2, 0) is 0 Å². The quantitative estimate of drug-likeness (QED) is 0.222. The van der Waals surface area contributed by atoms with Crippen molar-refractivity contribution in [1.82, 2.24) is 0 Å². The fourth-order valence-corrected chi connectivity index (χ4v) is 0.640. The van der Waals surface area contributed by atoms with Crippen molar-refractivity contribution in [3.8, 4) is 0 Å².